The highest BCUT2D eigenvalue weighted by molar-refractivity contribution is 7.99. The van der Waals surface area contributed by atoms with Crippen LogP contribution in [0, 0.1) is 5.92 Å². The smallest absolute Gasteiger partial charge is 0.224 e. The molecule has 0 bridgehead atoms. The first-order valence-corrected chi connectivity index (χ1v) is 10.7. The topological polar surface area (TPSA) is 75.7 Å². The van der Waals surface area contributed by atoms with E-state index in [-0.39, 0.29) is 18.4 Å². The molecule has 1 atom stereocenters. The summed E-state index contributed by atoms with van der Waals surface area (Å²) in [6.07, 6.45) is 2.66. The van der Waals surface area contributed by atoms with Gasteiger partial charge in [0.1, 0.15) is 5.75 Å². The van der Waals surface area contributed by atoms with Crippen molar-refractivity contribution >= 4 is 27.7 Å². The molecular formula is C16H24N2O4S2. The number of nitrogens with one attached hydrogen (secondary N) is 1. The van der Waals surface area contributed by atoms with Gasteiger partial charge in [-0.15, -0.1) is 11.8 Å². The van der Waals surface area contributed by atoms with Crippen molar-refractivity contribution < 1.29 is 17.9 Å². The molecular weight excluding hydrogens is 348 g/mol. The third-order valence-electron chi connectivity index (χ3n) is 3.95. The average Bonchev–Trinajstić information content (AvgIpc) is 2.58. The summed E-state index contributed by atoms with van der Waals surface area (Å²) in [5, 5.41) is 2.91. The number of sulfonamides is 1. The molecule has 2 rings (SSSR count). The lowest BCUT2D eigenvalue weighted by molar-refractivity contribution is -0.125. The molecule has 134 valence electrons. The predicted molar refractivity (Wildman–Crippen MR) is 95.9 cm³/mol. The summed E-state index contributed by atoms with van der Waals surface area (Å²) in [5.41, 5.74) is 0. The molecule has 24 heavy (non-hydrogen) atoms. The minimum Gasteiger partial charge on any atom is -0.497 e. The third kappa shape index (κ3) is 5.68. The Labute approximate surface area is 148 Å². The van der Waals surface area contributed by atoms with Gasteiger partial charge in [-0.2, -0.15) is 0 Å². The molecule has 1 saturated heterocycles. The van der Waals surface area contributed by atoms with Crippen LogP contribution in [0.1, 0.15) is 12.8 Å². The van der Waals surface area contributed by atoms with Crippen LogP contribution < -0.4 is 10.1 Å². The highest BCUT2D eigenvalue weighted by Crippen LogP contribution is 2.21. The molecule has 8 heteroatoms. The molecule has 0 radical (unpaired) electrons. The largest absolute Gasteiger partial charge is 0.497 e. The Balaban J connectivity index is 1.72. The Morgan fingerprint density at radius 2 is 2.08 bits per heavy atom. The van der Waals surface area contributed by atoms with Crippen molar-refractivity contribution in [2.75, 3.05) is 38.8 Å². The molecule has 1 N–H and O–H groups in total. The minimum atomic E-state index is -3.22. The molecule has 1 aromatic rings. The Bertz CT molecular complexity index is 647. The summed E-state index contributed by atoms with van der Waals surface area (Å²) >= 11 is 1.66. The number of ether oxygens (including phenoxy) is 1. The molecule has 0 spiro atoms. The van der Waals surface area contributed by atoms with Crippen molar-refractivity contribution in [3.05, 3.63) is 24.3 Å². The van der Waals surface area contributed by atoms with Gasteiger partial charge in [-0.1, -0.05) is 0 Å². The summed E-state index contributed by atoms with van der Waals surface area (Å²) in [5.74, 6) is 1.28. The van der Waals surface area contributed by atoms with Gasteiger partial charge >= 0.3 is 0 Å². The highest BCUT2D eigenvalue weighted by Gasteiger charge is 2.29. The van der Waals surface area contributed by atoms with E-state index < -0.39 is 10.0 Å². The first-order valence-electron chi connectivity index (χ1n) is 7.90. The van der Waals surface area contributed by atoms with Crippen LogP contribution in [0.2, 0.25) is 0 Å². The van der Waals surface area contributed by atoms with Gasteiger partial charge < -0.3 is 10.1 Å². The SMILES string of the molecule is COc1ccc(SCCNC(=O)C2CCCN(S(C)(=O)=O)C2)cc1. The lowest BCUT2D eigenvalue weighted by Gasteiger charge is -2.30. The van der Waals surface area contributed by atoms with Crippen molar-refractivity contribution in [2.45, 2.75) is 17.7 Å². The quantitative estimate of drug-likeness (QED) is 0.581. The van der Waals surface area contributed by atoms with E-state index in [1.165, 1.54) is 10.6 Å². The molecule has 0 saturated carbocycles. The van der Waals surface area contributed by atoms with Gasteiger partial charge in [0.25, 0.3) is 0 Å². The number of rotatable bonds is 7. The normalized spacial score (nSPS) is 19.0. The Morgan fingerprint density at radius 1 is 1.38 bits per heavy atom. The van der Waals surface area contributed by atoms with Crippen molar-refractivity contribution in [2.24, 2.45) is 5.92 Å². The number of nitrogens with zero attached hydrogens (tertiary/aromatic N) is 1. The monoisotopic (exact) mass is 372 g/mol. The fourth-order valence-electron chi connectivity index (χ4n) is 2.62. The standard InChI is InChI=1S/C16H24N2O4S2/c1-22-14-5-7-15(8-6-14)23-11-9-17-16(19)13-4-3-10-18(12-13)24(2,20)21/h5-8,13H,3-4,9-12H2,1-2H3,(H,17,19). The fraction of sp³-hybridized carbons (Fsp3) is 0.562. The summed E-state index contributed by atoms with van der Waals surface area (Å²) in [6, 6.07) is 7.78. The number of hydrogen-bond donors (Lipinski definition) is 1. The molecule has 6 nitrogen and oxygen atoms in total. The van der Waals surface area contributed by atoms with Crippen LogP contribution >= 0.6 is 11.8 Å². The van der Waals surface area contributed by atoms with Gasteiger partial charge in [0, 0.05) is 30.3 Å². The number of thioether (sulfide) groups is 1. The second kappa shape index (κ2) is 8.73. The molecule has 1 heterocycles. The van der Waals surface area contributed by atoms with Crippen molar-refractivity contribution in [1.29, 1.82) is 0 Å². The van der Waals surface area contributed by atoms with Gasteiger partial charge in [0.15, 0.2) is 0 Å². The van der Waals surface area contributed by atoms with E-state index in [1.807, 2.05) is 24.3 Å². The third-order valence-corrected chi connectivity index (χ3v) is 6.24. The molecule has 0 aliphatic carbocycles. The molecule has 1 fully saturated rings. The van der Waals surface area contributed by atoms with Crippen LogP contribution in [0.15, 0.2) is 29.2 Å². The fourth-order valence-corrected chi connectivity index (χ4v) is 4.30. The van der Waals surface area contributed by atoms with E-state index in [1.54, 1.807) is 18.9 Å². The van der Waals surface area contributed by atoms with Crippen LogP contribution in [-0.4, -0.2) is 57.4 Å². The number of hydrogen-bond acceptors (Lipinski definition) is 5. The maximum atomic E-state index is 12.2. The van der Waals surface area contributed by atoms with Crippen molar-refractivity contribution in [3.8, 4) is 5.75 Å². The predicted octanol–water partition coefficient (Wildman–Crippen LogP) is 1.58. The number of amides is 1. The number of methoxy groups -OCH3 is 1. The lowest BCUT2D eigenvalue weighted by Crippen LogP contribution is -2.45. The molecule has 0 aromatic heterocycles. The number of piperidine rings is 1. The van der Waals surface area contributed by atoms with Crippen molar-refractivity contribution in [1.82, 2.24) is 9.62 Å². The average molecular weight is 373 g/mol. The summed E-state index contributed by atoms with van der Waals surface area (Å²) in [6.45, 7) is 1.36. The first kappa shape index (κ1) is 19.1. The van der Waals surface area contributed by atoms with Crippen molar-refractivity contribution in [3.63, 3.8) is 0 Å². The lowest BCUT2D eigenvalue weighted by atomic mass is 9.99. The number of carbonyl (C=O) groups excluding carboxylic acids is 1. The summed E-state index contributed by atoms with van der Waals surface area (Å²) < 4.78 is 29.7. The van der Waals surface area contributed by atoms with Crippen LogP contribution in [0.3, 0.4) is 0 Å². The zero-order valence-electron chi connectivity index (χ0n) is 14.0. The van der Waals surface area contributed by atoms with Crippen LogP contribution in [0.25, 0.3) is 0 Å². The number of carbonyl (C=O) groups is 1. The van der Waals surface area contributed by atoms with Gasteiger partial charge in [0.05, 0.1) is 19.3 Å². The number of benzene rings is 1. The Kier molecular flexibility index (Phi) is 6.94. The van der Waals surface area contributed by atoms with Crippen LogP contribution in [0.4, 0.5) is 0 Å². The molecule has 1 amide bonds. The van der Waals surface area contributed by atoms with Gasteiger partial charge in [0.2, 0.25) is 15.9 Å². The highest BCUT2D eigenvalue weighted by atomic mass is 32.2. The molecule has 1 aliphatic rings. The van der Waals surface area contributed by atoms with E-state index in [0.29, 0.717) is 13.1 Å². The van der Waals surface area contributed by atoms with E-state index in [2.05, 4.69) is 5.32 Å². The van der Waals surface area contributed by atoms with Crippen LogP contribution in [0.5, 0.6) is 5.75 Å². The molecule has 1 aliphatic heterocycles. The summed E-state index contributed by atoms with van der Waals surface area (Å²) in [7, 11) is -1.59. The maximum Gasteiger partial charge on any atom is 0.224 e. The van der Waals surface area contributed by atoms with Gasteiger partial charge in [-0.25, -0.2) is 12.7 Å². The summed E-state index contributed by atoms with van der Waals surface area (Å²) in [4.78, 5) is 13.3. The van der Waals surface area contributed by atoms with E-state index in [4.69, 9.17) is 4.74 Å². The maximum absolute atomic E-state index is 12.2. The van der Waals surface area contributed by atoms with E-state index in [0.717, 1.165) is 29.2 Å². The zero-order chi connectivity index (χ0) is 17.6. The van der Waals surface area contributed by atoms with Crippen LogP contribution in [-0.2, 0) is 14.8 Å². The minimum absolute atomic E-state index is 0.0568. The second-order valence-electron chi connectivity index (χ2n) is 5.78. The van der Waals surface area contributed by atoms with E-state index in [9.17, 15) is 13.2 Å². The van der Waals surface area contributed by atoms with E-state index >= 15 is 0 Å². The first-order chi connectivity index (χ1) is 11.4. The Hall–Kier alpha value is -1.25. The Morgan fingerprint density at radius 3 is 2.71 bits per heavy atom. The molecule has 1 aromatic carbocycles. The van der Waals surface area contributed by atoms with Gasteiger partial charge in [-0.05, 0) is 37.1 Å². The zero-order valence-corrected chi connectivity index (χ0v) is 15.7. The molecule has 1 unspecified atom stereocenters. The second-order valence-corrected chi connectivity index (χ2v) is 8.93. The van der Waals surface area contributed by atoms with Gasteiger partial charge in [-0.3, -0.25) is 4.79 Å².